The van der Waals surface area contributed by atoms with E-state index >= 15 is 0 Å². The van der Waals surface area contributed by atoms with Gasteiger partial charge in [0.1, 0.15) is 12.4 Å². The number of allylic oxidation sites excluding steroid dienone is 1. The van der Waals surface area contributed by atoms with Crippen molar-refractivity contribution in [3.05, 3.63) is 119 Å². The number of fused-ring (bicyclic) bond motifs is 1. The molecule has 1 atom stereocenters. The maximum absolute atomic E-state index is 14.0. The second-order valence-electron chi connectivity index (χ2n) is 10.5. The van der Waals surface area contributed by atoms with Gasteiger partial charge in [-0.3, -0.25) is 9.36 Å². The van der Waals surface area contributed by atoms with Crippen LogP contribution in [-0.4, -0.2) is 43.4 Å². The summed E-state index contributed by atoms with van der Waals surface area (Å²) in [6.45, 7) is 8.28. The molecule has 10 nitrogen and oxygen atoms in total. The van der Waals surface area contributed by atoms with E-state index < -0.39 is 12.0 Å². The lowest BCUT2D eigenvalue weighted by atomic mass is 9.96. The first-order valence-electron chi connectivity index (χ1n) is 15.4. The average Bonchev–Trinajstić information content (AvgIpc) is 3.37. The Morgan fingerprint density at radius 3 is 2.27 bits per heavy atom. The Morgan fingerprint density at radius 2 is 1.62 bits per heavy atom. The largest absolute Gasteiger partial charge is 0.494 e. The van der Waals surface area contributed by atoms with E-state index in [0.29, 0.717) is 67.8 Å². The summed E-state index contributed by atoms with van der Waals surface area (Å²) in [7, 11) is 1.50. The van der Waals surface area contributed by atoms with Gasteiger partial charge in [0.2, 0.25) is 0 Å². The molecule has 0 spiro atoms. The summed E-state index contributed by atoms with van der Waals surface area (Å²) in [6.07, 6.45) is 1.70. The van der Waals surface area contributed by atoms with Gasteiger partial charge in [0.25, 0.3) is 5.56 Å². The molecule has 0 bridgehead atoms. The first-order valence-corrected chi connectivity index (χ1v) is 16.6. The van der Waals surface area contributed by atoms with Crippen molar-refractivity contribution in [1.82, 2.24) is 4.57 Å². The zero-order valence-electron chi connectivity index (χ0n) is 27.2. The van der Waals surface area contributed by atoms with Crippen LogP contribution in [0.1, 0.15) is 60.8 Å². The first kappa shape index (κ1) is 34.5. The summed E-state index contributed by atoms with van der Waals surface area (Å²) in [5, 5.41) is 0.282. The lowest BCUT2D eigenvalue weighted by molar-refractivity contribution is -0.139. The maximum Gasteiger partial charge on any atom is 0.338 e. The highest BCUT2D eigenvalue weighted by Crippen LogP contribution is 2.37. The minimum Gasteiger partial charge on any atom is -0.494 e. The van der Waals surface area contributed by atoms with Gasteiger partial charge in [-0.1, -0.05) is 47.2 Å². The molecule has 0 unspecified atom stereocenters. The van der Waals surface area contributed by atoms with E-state index in [-0.39, 0.29) is 29.8 Å². The molecule has 0 fully saturated rings. The number of nitrogens with zero attached hydrogens (tertiary/aromatic N) is 2. The highest BCUT2D eigenvalue weighted by molar-refractivity contribution is 7.07. The maximum atomic E-state index is 14.0. The lowest BCUT2D eigenvalue weighted by Gasteiger charge is -2.24. The van der Waals surface area contributed by atoms with Crippen molar-refractivity contribution in [2.75, 3.05) is 26.9 Å². The summed E-state index contributed by atoms with van der Waals surface area (Å²) in [6, 6.07) is 16.8. The molecule has 0 saturated carbocycles. The SMILES string of the molecule is CCOC(=O)C1=C(C)N=c2s/c(=C\c3cc(Cl)c(OCc4ccc(C(=O)OCC)cc4)c(OC)c3)c(=O)n2[C@H]1c1ccc(OCC)cc1. The predicted molar refractivity (Wildman–Crippen MR) is 183 cm³/mol. The van der Waals surface area contributed by atoms with Crippen LogP contribution in [0.15, 0.2) is 81.7 Å². The third kappa shape index (κ3) is 7.32. The smallest absolute Gasteiger partial charge is 0.338 e. The normalized spacial score (nSPS) is 14.2. The number of carbonyl (C=O) groups excluding carboxylic acids is 2. The molecular weight excluding hydrogens is 656 g/mol. The van der Waals surface area contributed by atoms with E-state index in [1.165, 1.54) is 23.0 Å². The molecule has 48 heavy (non-hydrogen) atoms. The van der Waals surface area contributed by atoms with E-state index in [4.69, 9.17) is 35.3 Å². The van der Waals surface area contributed by atoms with Gasteiger partial charge in [0, 0.05) is 0 Å². The molecule has 1 aliphatic heterocycles. The van der Waals surface area contributed by atoms with Crippen molar-refractivity contribution < 1.29 is 33.3 Å². The van der Waals surface area contributed by atoms with E-state index in [1.807, 2.05) is 31.2 Å². The number of esters is 2. The molecule has 250 valence electrons. The number of benzene rings is 3. The molecule has 1 aromatic heterocycles. The molecule has 4 aromatic rings. The molecule has 0 amide bonds. The summed E-state index contributed by atoms with van der Waals surface area (Å²) >= 11 is 7.88. The van der Waals surface area contributed by atoms with Crippen LogP contribution in [0.25, 0.3) is 6.08 Å². The van der Waals surface area contributed by atoms with Gasteiger partial charge < -0.3 is 23.7 Å². The van der Waals surface area contributed by atoms with Crippen LogP contribution in [0.3, 0.4) is 0 Å². The monoisotopic (exact) mass is 690 g/mol. The van der Waals surface area contributed by atoms with Crippen LogP contribution in [-0.2, 0) is 20.9 Å². The Kier molecular flexibility index (Phi) is 11.0. The number of hydrogen-bond donors (Lipinski definition) is 0. The standard InChI is InChI=1S/C36H35ClN2O8S/c1-6-44-26-15-13-24(14-16-26)31-30(35(42)46-8-3)21(4)38-36-39(31)33(40)29(48-36)19-23-17-27(37)32(28(18-23)43-5)47-20-22-9-11-25(12-10-22)34(41)45-7-2/h9-19,31H,6-8,20H2,1-5H3/b29-19-/t31-/m0/s1. The van der Waals surface area contributed by atoms with E-state index in [2.05, 4.69) is 4.99 Å². The number of methoxy groups -OCH3 is 1. The predicted octanol–water partition coefficient (Wildman–Crippen LogP) is 5.61. The van der Waals surface area contributed by atoms with E-state index in [1.54, 1.807) is 63.2 Å². The topological polar surface area (TPSA) is 115 Å². The second kappa shape index (κ2) is 15.4. The molecule has 5 rings (SSSR count). The summed E-state index contributed by atoms with van der Waals surface area (Å²) in [5.41, 5.74) is 3.02. The molecule has 12 heteroatoms. The highest BCUT2D eigenvalue weighted by Gasteiger charge is 2.33. The van der Waals surface area contributed by atoms with Crippen LogP contribution in [0.5, 0.6) is 17.2 Å². The quantitative estimate of drug-likeness (QED) is 0.176. The fourth-order valence-electron chi connectivity index (χ4n) is 5.24. The van der Waals surface area contributed by atoms with E-state index in [9.17, 15) is 14.4 Å². The number of thiazole rings is 1. The molecule has 3 aromatic carbocycles. The Hall–Kier alpha value is -4.87. The molecular formula is C36H35ClN2O8S. The summed E-state index contributed by atoms with van der Waals surface area (Å²) in [5.74, 6) is 0.458. The lowest BCUT2D eigenvalue weighted by Crippen LogP contribution is -2.39. The third-order valence-corrected chi connectivity index (χ3v) is 8.69. The molecule has 0 N–H and O–H groups in total. The van der Waals surface area contributed by atoms with Crippen molar-refractivity contribution >= 4 is 41.0 Å². The highest BCUT2D eigenvalue weighted by atomic mass is 35.5. The minimum absolute atomic E-state index is 0.171. The van der Waals surface area contributed by atoms with Crippen molar-refractivity contribution in [2.24, 2.45) is 4.99 Å². The Labute approximate surface area is 286 Å². The fraction of sp³-hybridized carbons (Fsp3) is 0.278. The number of rotatable bonds is 12. The van der Waals surface area contributed by atoms with Crippen LogP contribution < -0.4 is 29.1 Å². The Balaban J connectivity index is 1.49. The Morgan fingerprint density at radius 1 is 0.938 bits per heavy atom. The van der Waals surface area contributed by atoms with Crippen molar-refractivity contribution in [3.63, 3.8) is 0 Å². The fourth-order valence-corrected chi connectivity index (χ4v) is 6.56. The van der Waals surface area contributed by atoms with Crippen LogP contribution in [0.4, 0.5) is 0 Å². The minimum atomic E-state index is -0.751. The number of aromatic nitrogens is 1. The molecule has 2 heterocycles. The van der Waals surface area contributed by atoms with Gasteiger partial charge in [-0.25, -0.2) is 14.6 Å². The Bertz CT molecular complexity index is 2030. The number of ether oxygens (including phenoxy) is 5. The average molecular weight is 691 g/mol. The third-order valence-electron chi connectivity index (χ3n) is 7.42. The van der Waals surface area contributed by atoms with Gasteiger partial charge in [-0.2, -0.15) is 0 Å². The molecule has 1 aliphatic rings. The van der Waals surface area contributed by atoms with E-state index in [0.717, 1.165) is 5.56 Å². The van der Waals surface area contributed by atoms with Gasteiger partial charge >= 0.3 is 11.9 Å². The molecule has 0 radical (unpaired) electrons. The first-order chi connectivity index (χ1) is 23.2. The van der Waals surface area contributed by atoms with Gasteiger partial charge in [-0.05, 0) is 86.9 Å². The zero-order valence-corrected chi connectivity index (χ0v) is 28.8. The number of carbonyl (C=O) groups is 2. The summed E-state index contributed by atoms with van der Waals surface area (Å²) in [4.78, 5) is 44.3. The summed E-state index contributed by atoms with van der Waals surface area (Å²) < 4.78 is 29.5. The second-order valence-corrected chi connectivity index (χ2v) is 12.0. The van der Waals surface area contributed by atoms with Gasteiger partial charge in [0.15, 0.2) is 16.3 Å². The number of halogens is 1. The van der Waals surface area contributed by atoms with Gasteiger partial charge in [0.05, 0.1) is 59.4 Å². The van der Waals surface area contributed by atoms with Gasteiger partial charge in [-0.15, -0.1) is 0 Å². The van der Waals surface area contributed by atoms with Crippen LogP contribution in [0.2, 0.25) is 5.02 Å². The van der Waals surface area contributed by atoms with Crippen molar-refractivity contribution in [3.8, 4) is 17.2 Å². The zero-order chi connectivity index (χ0) is 34.4. The van der Waals surface area contributed by atoms with Crippen LogP contribution >= 0.6 is 22.9 Å². The van der Waals surface area contributed by atoms with Crippen LogP contribution in [0, 0.1) is 0 Å². The number of hydrogen-bond acceptors (Lipinski definition) is 10. The van der Waals surface area contributed by atoms with Crippen molar-refractivity contribution in [1.29, 1.82) is 0 Å². The van der Waals surface area contributed by atoms with Crippen molar-refractivity contribution in [2.45, 2.75) is 40.3 Å². The molecule has 0 aliphatic carbocycles. The molecule has 0 saturated heterocycles.